The van der Waals surface area contributed by atoms with Gasteiger partial charge in [0.2, 0.25) is 0 Å². The molecule has 1 unspecified atom stereocenters. The molecule has 0 bridgehead atoms. The fourth-order valence-electron chi connectivity index (χ4n) is 3.24. The summed E-state index contributed by atoms with van der Waals surface area (Å²) in [4.78, 5) is 17.0. The first-order chi connectivity index (χ1) is 13.4. The molecule has 3 N–H and O–H groups in total. The first-order valence-corrected chi connectivity index (χ1v) is 8.78. The third-order valence-electron chi connectivity index (χ3n) is 4.50. The number of nitrogen functional groups attached to an aromatic ring is 1. The lowest BCUT2D eigenvalue weighted by Crippen LogP contribution is -2.26. The summed E-state index contributed by atoms with van der Waals surface area (Å²) in [6, 6.07) is 15.2. The summed E-state index contributed by atoms with van der Waals surface area (Å²) in [6.45, 7) is 1.88. The molecular formula is C20H19FN6O. The van der Waals surface area contributed by atoms with Crippen LogP contribution in [0.5, 0.6) is 0 Å². The standard InChI is InChI=1S/C20H19FN6O/c1-12(23-16-11-18(22)25-26(2)20(16)28)19-24-15-9-8-13(21)10-17(15)27(19)14-6-4-3-5-7-14/h3-12,23H,1-2H3,(H2,22,25). The normalized spacial score (nSPS) is 12.2. The largest absolute Gasteiger partial charge is 0.382 e. The van der Waals surface area contributed by atoms with Gasteiger partial charge in [0.15, 0.2) is 0 Å². The number of benzene rings is 2. The molecule has 0 aliphatic rings. The highest BCUT2D eigenvalue weighted by molar-refractivity contribution is 5.78. The second-order valence-electron chi connectivity index (χ2n) is 6.55. The fourth-order valence-corrected chi connectivity index (χ4v) is 3.24. The number of anilines is 2. The smallest absolute Gasteiger partial charge is 0.289 e. The van der Waals surface area contributed by atoms with E-state index in [0.29, 0.717) is 22.5 Å². The van der Waals surface area contributed by atoms with Gasteiger partial charge in [0.05, 0.1) is 17.1 Å². The molecule has 2 heterocycles. The topological polar surface area (TPSA) is 90.8 Å². The Morgan fingerprint density at radius 3 is 2.64 bits per heavy atom. The summed E-state index contributed by atoms with van der Waals surface area (Å²) in [5.74, 6) is 0.534. The molecule has 8 heteroatoms. The van der Waals surface area contributed by atoms with E-state index in [0.717, 1.165) is 5.69 Å². The zero-order valence-corrected chi connectivity index (χ0v) is 15.4. The number of rotatable bonds is 4. The number of fused-ring (bicyclic) bond motifs is 1. The predicted molar refractivity (Wildman–Crippen MR) is 107 cm³/mol. The molecule has 0 saturated heterocycles. The molecule has 0 aliphatic carbocycles. The summed E-state index contributed by atoms with van der Waals surface area (Å²) < 4.78 is 17.0. The van der Waals surface area contributed by atoms with Gasteiger partial charge in [-0.3, -0.25) is 9.36 Å². The molecule has 0 fully saturated rings. The van der Waals surface area contributed by atoms with Crippen LogP contribution >= 0.6 is 0 Å². The number of aromatic nitrogens is 4. The van der Waals surface area contributed by atoms with Crippen molar-refractivity contribution in [2.24, 2.45) is 7.05 Å². The molecule has 2 aromatic carbocycles. The highest BCUT2D eigenvalue weighted by Gasteiger charge is 2.19. The van der Waals surface area contributed by atoms with E-state index in [1.807, 2.05) is 41.8 Å². The van der Waals surface area contributed by atoms with Crippen molar-refractivity contribution in [3.05, 3.63) is 76.6 Å². The second-order valence-corrected chi connectivity index (χ2v) is 6.55. The van der Waals surface area contributed by atoms with Gasteiger partial charge in [-0.1, -0.05) is 18.2 Å². The van der Waals surface area contributed by atoms with Crippen LogP contribution in [0, 0.1) is 5.82 Å². The van der Waals surface area contributed by atoms with Gasteiger partial charge in [0.25, 0.3) is 5.56 Å². The van der Waals surface area contributed by atoms with E-state index >= 15 is 0 Å². The van der Waals surface area contributed by atoms with Crippen LogP contribution in [-0.2, 0) is 7.05 Å². The Hall–Kier alpha value is -3.68. The summed E-state index contributed by atoms with van der Waals surface area (Å²) in [6.07, 6.45) is 0. The molecule has 0 radical (unpaired) electrons. The van der Waals surface area contributed by atoms with Gasteiger partial charge < -0.3 is 11.1 Å². The van der Waals surface area contributed by atoms with Crippen molar-refractivity contribution < 1.29 is 4.39 Å². The Labute approximate surface area is 160 Å². The van der Waals surface area contributed by atoms with E-state index < -0.39 is 0 Å². The highest BCUT2D eigenvalue weighted by atomic mass is 19.1. The van der Waals surface area contributed by atoms with E-state index in [2.05, 4.69) is 15.4 Å². The van der Waals surface area contributed by atoms with Gasteiger partial charge in [0, 0.05) is 24.9 Å². The number of nitrogens with zero attached hydrogens (tertiary/aromatic N) is 4. The minimum atomic E-state index is -0.356. The fraction of sp³-hybridized carbons (Fsp3) is 0.150. The van der Waals surface area contributed by atoms with E-state index in [1.54, 1.807) is 6.07 Å². The molecule has 0 spiro atoms. The number of aryl methyl sites for hydroxylation is 1. The minimum Gasteiger partial charge on any atom is -0.382 e. The lowest BCUT2D eigenvalue weighted by molar-refractivity contribution is 0.629. The average molecular weight is 378 g/mol. The zero-order chi connectivity index (χ0) is 19.8. The average Bonchev–Trinajstić information content (AvgIpc) is 3.05. The van der Waals surface area contributed by atoms with E-state index in [9.17, 15) is 9.18 Å². The predicted octanol–water partition coefficient (Wildman–Crippen LogP) is 3.01. The molecular weight excluding hydrogens is 359 g/mol. The van der Waals surface area contributed by atoms with Crippen LogP contribution < -0.4 is 16.6 Å². The Bertz CT molecular complexity index is 1210. The van der Waals surface area contributed by atoms with Crippen molar-refractivity contribution in [1.29, 1.82) is 0 Å². The number of hydrogen-bond acceptors (Lipinski definition) is 5. The van der Waals surface area contributed by atoms with Gasteiger partial charge in [-0.2, -0.15) is 5.10 Å². The monoisotopic (exact) mass is 378 g/mol. The SMILES string of the molecule is CC(Nc1cc(N)nn(C)c1=O)c1nc2ccc(F)cc2n1-c1ccccc1. The van der Waals surface area contributed by atoms with Crippen LogP contribution in [0.1, 0.15) is 18.8 Å². The third-order valence-corrected chi connectivity index (χ3v) is 4.50. The highest BCUT2D eigenvalue weighted by Crippen LogP contribution is 2.27. The van der Waals surface area contributed by atoms with E-state index in [-0.39, 0.29) is 23.2 Å². The van der Waals surface area contributed by atoms with Crippen LogP contribution in [0.4, 0.5) is 15.9 Å². The number of imidazole rings is 1. The maximum atomic E-state index is 13.9. The first-order valence-electron chi connectivity index (χ1n) is 8.78. The first kappa shape index (κ1) is 17.7. The lowest BCUT2D eigenvalue weighted by atomic mass is 10.2. The quantitative estimate of drug-likeness (QED) is 0.570. The van der Waals surface area contributed by atoms with Crippen molar-refractivity contribution in [3.8, 4) is 5.69 Å². The van der Waals surface area contributed by atoms with Gasteiger partial charge in [-0.05, 0) is 31.2 Å². The molecule has 2 aromatic heterocycles. The number of nitrogens with two attached hydrogens (primary N) is 1. The maximum Gasteiger partial charge on any atom is 0.289 e. The molecule has 0 amide bonds. The molecule has 1 atom stereocenters. The van der Waals surface area contributed by atoms with Crippen LogP contribution in [0.3, 0.4) is 0 Å². The molecule has 4 aromatic rings. The van der Waals surface area contributed by atoms with E-state index in [1.165, 1.54) is 29.9 Å². The number of nitrogens with one attached hydrogen (secondary N) is 1. The van der Waals surface area contributed by atoms with Crippen molar-refractivity contribution in [2.75, 3.05) is 11.1 Å². The Kier molecular flexibility index (Phi) is 4.31. The van der Waals surface area contributed by atoms with E-state index in [4.69, 9.17) is 5.73 Å². The van der Waals surface area contributed by atoms with Crippen LogP contribution in [0.2, 0.25) is 0 Å². The molecule has 4 rings (SSSR count). The molecule has 7 nitrogen and oxygen atoms in total. The van der Waals surface area contributed by atoms with Gasteiger partial charge in [-0.15, -0.1) is 0 Å². The second kappa shape index (κ2) is 6.80. The van der Waals surface area contributed by atoms with Gasteiger partial charge in [0.1, 0.15) is 23.1 Å². The summed E-state index contributed by atoms with van der Waals surface area (Å²) in [5, 5.41) is 7.07. The van der Waals surface area contributed by atoms with Crippen LogP contribution in [0.25, 0.3) is 16.7 Å². The summed E-state index contributed by atoms with van der Waals surface area (Å²) >= 11 is 0. The van der Waals surface area contributed by atoms with Crippen molar-refractivity contribution in [2.45, 2.75) is 13.0 Å². The summed E-state index contributed by atoms with van der Waals surface area (Å²) in [5.41, 5.74) is 7.95. The van der Waals surface area contributed by atoms with Crippen LogP contribution in [0.15, 0.2) is 59.4 Å². The Balaban J connectivity index is 1.85. The lowest BCUT2D eigenvalue weighted by Gasteiger charge is -2.17. The van der Waals surface area contributed by atoms with Crippen molar-refractivity contribution in [1.82, 2.24) is 19.3 Å². The number of para-hydroxylation sites is 1. The third kappa shape index (κ3) is 3.09. The number of hydrogen-bond donors (Lipinski definition) is 2. The minimum absolute atomic E-state index is 0.232. The Morgan fingerprint density at radius 1 is 1.14 bits per heavy atom. The van der Waals surface area contributed by atoms with Gasteiger partial charge >= 0.3 is 0 Å². The maximum absolute atomic E-state index is 13.9. The molecule has 0 aliphatic heterocycles. The van der Waals surface area contributed by atoms with Crippen LogP contribution in [-0.4, -0.2) is 19.3 Å². The molecule has 28 heavy (non-hydrogen) atoms. The zero-order valence-electron chi connectivity index (χ0n) is 15.4. The van der Waals surface area contributed by atoms with Crippen molar-refractivity contribution in [3.63, 3.8) is 0 Å². The molecule has 142 valence electrons. The number of halogens is 1. The Morgan fingerprint density at radius 2 is 1.89 bits per heavy atom. The molecule has 0 saturated carbocycles. The van der Waals surface area contributed by atoms with Gasteiger partial charge in [-0.25, -0.2) is 14.1 Å². The summed E-state index contributed by atoms with van der Waals surface area (Å²) in [7, 11) is 1.54. The van der Waals surface area contributed by atoms with Crippen molar-refractivity contribution >= 4 is 22.5 Å².